The lowest BCUT2D eigenvalue weighted by Crippen LogP contribution is -2.25. The first-order chi connectivity index (χ1) is 14.0. The summed E-state index contributed by atoms with van der Waals surface area (Å²) < 4.78 is 25.4. The molecule has 0 fully saturated rings. The van der Waals surface area contributed by atoms with E-state index in [4.69, 9.17) is 15.2 Å². The maximum Gasteiger partial charge on any atom is 0.228 e. The van der Waals surface area contributed by atoms with Gasteiger partial charge in [-0.2, -0.15) is 0 Å². The van der Waals surface area contributed by atoms with Gasteiger partial charge in [-0.05, 0) is 36.4 Å². The summed E-state index contributed by atoms with van der Waals surface area (Å²) in [7, 11) is 1.53. The van der Waals surface area contributed by atoms with Gasteiger partial charge in [-0.25, -0.2) is 4.39 Å². The van der Waals surface area contributed by atoms with Crippen molar-refractivity contribution in [2.24, 2.45) is 5.73 Å². The minimum absolute atomic E-state index is 0.154. The van der Waals surface area contributed by atoms with Gasteiger partial charge in [0.1, 0.15) is 17.3 Å². The van der Waals surface area contributed by atoms with Crippen molar-refractivity contribution in [1.82, 2.24) is 0 Å². The van der Waals surface area contributed by atoms with Crippen LogP contribution in [0.1, 0.15) is 6.92 Å². The zero-order chi connectivity index (χ0) is 20.8. The van der Waals surface area contributed by atoms with Crippen molar-refractivity contribution >= 4 is 23.0 Å². The number of rotatable bonds is 7. The average Bonchev–Trinajstić information content (AvgIpc) is 2.72. The van der Waals surface area contributed by atoms with Crippen LogP contribution in [0.5, 0.6) is 17.2 Å². The third kappa shape index (κ3) is 4.64. The lowest BCUT2D eigenvalue weighted by molar-refractivity contribution is -0.115. The summed E-state index contributed by atoms with van der Waals surface area (Å²) >= 11 is 0. The number of benzene rings is 3. The Morgan fingerprint density at radius 2 is 1.79 bits per heavy atom. The molecule has 0 radical (unpaired) electrons. The van der Waals surface area contributed by atoms with Gasteiger partial charge >= 0.3 is 0 Å². The van der Waals surface area contributed by atoms with Crippen LogP contribution in [-0.2, 0) is 4.79 Å². The molecule has 0 unspecified atom stereocenters. The molecule has 29 heavy (non-hydrogen) atoms. The SMILES string of the molecule is COc1ccc(NCN)c(N(C(C)=O)c2cc(F)ccc2Oc2ccccc2)c1. The van der Waals surface area contributed by atoms with Gasteiger partial charge in [-0.1, -0.05) is 18.2 Å². The highest BCUT2D eigenvalue weighted by Gasteiger charge is 2.23. The Labute approximate surface area is 168 Å². The summed E-state index contributed by atoms with van der Waals surface area (Å²) in [5, 5.41) is 3.01. The Morgan fingerprint density at radius 3 is 2.45 bits per heavy atom. The number of amides is 1. The van der Waals surface area contributed by atoms with Gasteiger partial charge < -0.3 is 20.5 Å². The largest absolute Gasteiger partial charge is 0.497 e. The molecule has 3 aromatic carbocycles. The van der Waals surface area contributed by atoms with Crippen LogP contribution in [0, 0.1) is 5.82 Å². The molecule has 1 amide bonds. The van der Waals surface area contributed by atoms with E-state index in [1.54, 1.807) is 30.3 Å². The van der Waals surface area contributed by atoms with Crippen molar-refractivity contribution < 1.29 is 18.7 Å². The number of para-hydroxylation sites is 1. The maximum atomic E-state index is 14.2. The smallest absolute Gasteiger partial charge is 0.228 e. The highest BCUT2D eigenvalue weighted by Crippen LogP contribution is 2.41. The fourth-order valence-electron chi connectivity index (χ4n) is 2.92. The zero-order valence-corrected chi connectivity index (χ0v) is 16.2. The van der Waals surface area contributed by atoms with E-state index in [0.29, 0.717) is 28.6 Å². The molecule has 0 aliphatic heterocycles. The molecule has 6 nitrogen and oxygen atoms in total. The molecule has 150 valence electrons. The van der Waals surface area contributed by atoms with Crippen molar-refractivity contribution in [2.45, 2.75) is 6.92 Å². The van der Waals surface area contributed by atoms with E-state index in [1.165, 1.54) is 37.1 Å². The van der Waals surface area contributed by atoms with E-state index in [-0.39, 0.29) is 18.3 Å². The summed E-state index contributed by atoms with van der Waals surface area (Å²) in [5.41, 5.74) is 6.96. The minimum Gasteiger partial charge on any atom is -0.497 e. The van der Waals surface area contributed by atoms with Crippen LogP contribution in [0.3, 0.4) is 0 Å². The Hall–Kier alpha value is -3.58. The monoisotopic (exact) mass is 395 g/mol. The van der Waals surface area contributed by atoms with E-state index < -0.39 is 5.82 Å². The maximum absolute atomic E-state index is 14.2. The molecule has 7 heteroatoms. The molecule has 3 aromatic rings. The highest BCUT2D eigenvalue weighted by molar-refractivity contribution is 6.03. The first-order valence-corrected chi connectivity index (χ1v) is 8.98. The van der Waals surface area contributed by atoms with E-state index in [2.05, 4.69) is 5.32 Å². The van der Waals surface area contributed by atoms with E-state index in [9.17, 15) is 9.18 Å². The van der Waals surface area contributed by atoms with Crippen molar-refractivity contribution in [3.63, 3.8) is 0 Å². The Morgan fingerprint density at radius 1 is 1.03 bits per heavy atom. The van der Waals surface area contributed by atoms with Crippen molar-refractivity contribution in [3.05, 3.63) is 72.5 Å². The number of hydrogen-bond donors (Lipinski definition) is 2. The third-order valence-corrected chi connectivity index (χ3v) is 4.19. The van der Waals surface area contributed by atoms with Crippen LogP contribution < -0.4 is 25.4 Å². The molecular formula is C22H22FN3O3. The van der Waals surface area contributed by atoms with Gasteiger partial charge in [-0.15, -0.1) is 0 Å². The molecule has 0 bridgehead atoms. The first-order valence-electron chi connectivity index (χ1n) is 8.98. The molecule has 0 heterocycles. The molecule has 0 aromatic heterocycles. The topological polar surface area (TPSA) is 76.8 Å². The predicted molar refractivity (Wildman–Crippen MR) is 111 cm³/mol. The molecule has 0 saturated carbocycles. The second-order valence-electron chi connectivity index (χ2n) is 6.15. The van der Waals surface area contributed by atoms with Crippen molar-refractivity contribution in [3.8, 4) is 17.2 Å². The lowest BCUT2D eigenvalue weighted by Gasteiger charge is -2.26. The quantitative estimate of drug-likeness (QED) is 0.570. The fraction of sp³-hybridized carbons (Fsp3) is 0.136. The highest BCUT2D eigenvalue weighted by atomic mass is 19.1. The number of carbonyl (C=O) groups excluding carboxylic acids is 1. The Bertz CT molecular complexity index is 996. The lowest BCUT2D eigenvalue weighted by atomic mass is 10.1. The number of nitrogens with one attached hydrogen (secondary N) is 1. The molecule has 0 saturated heterocycles. The van der Waals surface area contributed by atoms with Gasteiger partial charge in [0.15, 0.2) is 5.75 Å². The van der Waals surface area contributed by atoms with E-state index >= 15 is 0 Å². The molecule has 0 aliphatic rings. The van der Waals surface area contributed by atoms with Gasteiger partial charge in [0.05, 0.1) is 30.8 Å². The van der Waals surface area contributed by atoms with Crippen LogP contribution >= 0.6 is 0 Å². The Balaban J connectivity index is 2.15. The third-order valence-electron chi connectivity index (χ3n) is 4.19. The number of carbonyl (C=O) groups is 1. The number of hydrogen-bond acceptors (Lipinski definition) is 5. The Kier molecular flexibility index (Phi) is 6.31. The average molecular weight is 395 g/mol. The summed E-state index contributed by atoms with van der Waals surface area (Å²) in [5.74, 6) is 0.601. The summed E-state index contributed by atoms with van der Waals surface area (Å²) in [4.78, 5) is 14.0. The van der Waals surface area contributed by atoms with Gasteiger partial charge in [0.25, 0.3) is 0 Å². The zero-order valence-electron chi connectivity index (χ0n) is 16.2. The van der Waals surface area contributed by atoms with E-state index in [1.807, 2.05) is 18.2 Å². The van der Waals surface area contributed by atoms with Crippen LogP contribution in [0.2, 0.25) is 0 Å². The number of nitrogens with two attached hydrogens (primary N) is 1. The summed E-state index contributed by atoms with van der Waals surface area (Å²) in [6.45, 7) is 1.55. The van der Waals surface area contributed by atoms with Gasteiger partial charge in [-0.3, -0.25) is 9.69 Å². The van der Waals surface area contributed by atoms with Crippen molar-refractivity contribution in [1.29, 1.82) is 0 Å². The number of halogens is 1. The molecule has 3 N–H and O–H groups in total. The fourth-order valence-corrected chi connectivity index (χ4v) is 2.92. The first kappa shape index (κ1) is 20.2. The standard InChI is InChI=1S/C22H22FN3O3/c1-15(27)26(20-13-18(28-2)9-10-19(20)25-14-24)21-12-16(23)8-11-22(21)29-17-6-4-3-5-7-17/h3-13,25H,14,24H2,1-2H3. The van der Waals surface area contributed by atoms with Crippen LogP contribution in [0.4, 0.5) is 21.5 Å². The second-order valence-corrected chi connectivity index (χ2v) is 6.15. The molecule has 0 spiro atoms. The summed E-state index contributed by atoms with van der Waals surface area (Å²) in [6, 6.07) is 18.3. The van der Waals surface area contributed by atoms with Crippen LogP contribution in [-0.4, -0.2) is 19.7 Å². The molecule has 3 rings (SSSR count). The normalized spacial score (nSPS) is 10.3. The van der Waals surface area contributed by atoms with Crippen LogP contribution in [0.25, 0.3) is 0 Å². The van der Waals surface area contributed by atoms with Gasteiger partial charge in [0.2, 0.25) is 5.91 Å². The van der Waals surface area contributed by atoms with Gasteiger partial charge in [0, 0.05) is 19.1 Å². The predicted octanol–water partition coefficient (Wildman–Crippen LogP) is 4.64. The number of nitrogens with zero attached hydrogens (tertiary/aromatic N) is 1. The molecule has 0 atom stereocenters. The second kappa shape index (κ2) is 9.07. The number of anilines is 3. The van der Waals surface area contributed by atoms with E-state index in [0.717, 1.165) is 0 Å². The minimum atomic E-state index is -0.497. The number of methoxy groups -OCH3 is 1. The molecular weight excluding hydrogens is 373 g/mol. The van der Waals surface area contributed by atoms with Crippen LogP contribution in [0.15, 0.2) is 66.7 Å². The molecule has 0 aliphatic carbocycles. The number of ether oxygens (including phenoxy) is 2. The van der Waals surface area contributed by atoms with Crippen molar-refractivity contribution in [2.75, 3.05) is 24.0 Å². The summed E-state index contributed by atoms with van der Waals surface area (Å²) in [6.07, 6.45) is 0.